The summed E-state index contributed by atoms with van der Waals surface area (Å²) in [7, 11) is 0. The molecule has 1 N–H and O–H groups in total. The molecule has 16 heavy (non-hydrogen) atoms. The lowest BCUT2D eigenvalue weighted by Gasteiger charge is -2.03. The Morgan fingerprint density at radius 1 is 1.44 bits per heavy atom. The van der Waals surface area contributed by atoms with Gasteiger partial charge in [0.05, 0.1) is 0 Å². The monoisotopic (exact) mass is 256 g/mol. The van der Waals surface area contributed by atoms with Gasteiger partial charge in [-0.05, 0) is 17.9 Å². The van der Waals surface area contributed by atoms with Gasteiger partial charge in [0.1, 0.15) is 5.02 Å². The number of aromatic amines is 1. The van der Waals surface area contributed by atoms with Crippen LogP contribution in [0.4, 0.5) is 0 Å². The average molecular weight is 257 g/mol. The molecule has 2 heterocycles. The highest BCUT2D eigenvalue weighted by atomic mass is 35.5. The fourth-order valence-corrected chi connectivity index (χ4v) is 2.20. The second-order valence-corrected chi connectivity index (χ2v) is 4.70. The number of aromatic nitrogens is 2. The molecule has 0 aliphatic rings. The molecule has 0 aliphatic heterocycles. The molecular formula is C10H9ClN2O2S. The van der Waals surface area contributed by atoms with E-state index >= 15 is 0 Å². The Balaban J connectivity index is 2.19. The first kappa shape index (κ1) is 11.2. The summed E-state index contributed by atoms with van der Waals surface area (Å²) in [6, 6.07) is 3.96. The van der Waals surface area contributed by atoms with E-state index in [-0.39, 0.29) is 5.02 Å². The summed E-state index contributed by atoms with van der Waals surface area (Å²) in [6.45, 7) is 0.510. The van der Waals surface area contributed by atoms with Crippen molar-refractivity contribution < 1.29 is 0 Å². The standard InChI is InChI=1S/C10H9ClN2O2S/c11-8-6-13(10(15)12-9(8)14)4-3-7-2-1-5-16-7/h1-2,5-6H,3-4H2,(H,12,14,15). The number of H-pyrrole nitrogens is 1. The predicted molar refractivity (Wildman–Crippen MR) is 64.4 cm³/mol. The zero-order valence-corrected chi connectivity index (χ0v) is 9.85. The number of thiophene rings is 1. The van der Waals surface area contributed by atoms with E-state index in [0.717, 1.165) is 6.42 Å². The number of aryl methyl sites for hydroxylation is 2. The van der Waals surface area contributed by atoms with Gasteiger partial charge >= 0.3 is 5.69 Å². The number of nitrogens with zero attached hydrogens (tertiary/aromatic N) is 1. The molecule has 6 heteroatoms. The van der Waals surface area contributed by atoms with Crippen LogP contribution in [0.5, 0.6) is 0 Å². The lowest BCUT2D eigenvalue weighted by Crippen LogP contribution is -2.30. The van der Waals surface area contributed by atoms with Crippen molar-refractivity contribution in [1.29, 1.82) is 0 Å². The van der Waals surface area contributed by atoms with Gasteiger partial charge in [-0.25, -0.2) is 4.79 Å². The fraction of sp³-hybridized carbons (Fsp3) is 0.200. The minimum absolute atomic E-state index is 0.0331. The number of hydrogen-bond donors (Lipinski definition) is 1. The third-order valence-corrected chi connectivity index (χ3v) is 3.35. The summed E-state index contributed by atoms with van der Waals surface area (Å²) in [5.74, 6) is 0. The number of nitrogens with one attached hydrogen (secondary N) is 1. The van der Waals surface area contributed by atoms with Crippen LogP contribution in [0, 0.1) is 0 Å². The van der Waals surface area contributed by atoms with Crippen LogP contribution < -0.4 is 11.2 Å². The van der Waals surface area contributed by atoms with Gasteiger partial charge in [-0.2, -0.15) is 0 Å². The summed E-state index contributed by atoms with van der Waals surface area (Å²) < 4.78 is 1.41. The van der Waals surface area contributed by atoms with E-state index in [9.17, 15) is 9.59 Å². The predicted octanol–water partition coefficient (Wildman–Crippen LogP) is 1.49. The second kappa shape index (κ2) is 4.67. The van der Waals surface area contributed by atoms with Gasteiger partial charge < -0.3 is 0 Å². The van der Waals surface area contributed by atoms with Crippen LogP contribution in [-0.4, -0.2) is 9.55 Å². The number of rotatable bonds is 3. The zero-order chi connectivity index (χ0) is 11.5. The summed E-state index contributed by atoms with van der Waals surface area (Å²) in [5.41, 5.74) is -0.968. The van der Waals surface area contributed by atoms with Crippen molar-refractivity contribution in [1.82, 2.24) is 9.55 Å². The fourth-order valence-electron chi connectivity index (χ4n) is 1.33. The number of halogens is 1. The molecule has 2 aromatic rings. The zero-order valence-electron chi connectivity index (χ0n) is 8.27. The first-order valence-corrected chi connectivity index (χ1v) is 5.94. The van der Waals surface area contributed by atoms with Gasteiger partial charge in [-0.15, -0.1) is 11.3 Å². The van der Waals surface area contributed by atoms with E-state index in [2.05, 4.69) is 4.98 Å². The highest BCUT2D eigenvalue weighted by molar-refractivity contribution is 7.09. The quantitative estimate of drug-likeness (QED) is 0.905. The molecule has 0 bridgehead atoms. The second-order valence-electron chi connectivity index (χ2n) is 3.26. The SMILES string of the molecule is O=c1[nH]c(=O)n(CCc2cccs2)cc1Cl. The highest BCUT2D eigenvalue weighted by Crippen LogP contribution is 2.09. The molecule has 0 fully saturated rings. The maximum Gasteiger partial charge on any atom is 0.328 e. The first-order chi connectivity index (χ1) is 7.66. The van der Waals surface area contributed by atoms with Crippen LogP contribution in [0.3, 0.4) is 0 Å². The topological polar surface area (TPSA) is 54.9 Å². The molecule has 0 aliphatic carbocycles. The maximum absolute atomic E-state index is 11.4. The van der Waals surface area contributed by atoms with Gasteiger partial charge in [0.15, 0.2) is 0 Å². The van der Waals surface area contributed by atoms with Gasteiger partial charge in [-0.3, -0.25) is 14.3 Å². The van der Waals surface area contributed by atoms with Gasteiger partial charge in [0.2, 0.25) is 0 Å². The Kier molecular flexibility index (Phi) is 3.26. The van der Waals surface area contributed by atoms with Crippen molar-refractivity contribution in [3.63, 3.8) is 0 Å². The van der Waals surface area contributed by atoms with Crippen LogP contribution >= 0.6 is 22.9 Å². The third kappa shape index (κ3) is 2.43. The Hall–Kier alpha value is -1.33. The molecule has 0 atom stereocenters. The normalized spacial score (nSPS) is 10.6. The van der Waals surface area contributed by atoms with Gasteiger partial charge in [0, 0.05) is 17.6 Å². The molecule has 0 saturated carbocycles. The summed E-state index contributed by atoms with van der Waals surface area (Å²) in [4.78, 5) is 25.8. The van der Waals surface area contributed by atoms with Crippen LogP contribution in [0.25, 0.3) is 0 Å². The van der Waals surface area contributed by atoms with E-state index in [1.54, 1.807) is 11.3 Å². The van der Waals surface area contributed by atoms with E-state index < -0.39 is 11.2 Å². The molecule has 0 spiro atoms. The highest BCUT2D eigenvalue weighted by Gasteiger charge is 2.02. The van der Waals surface area contributed by atoms with Crippen LogP contribution in [0.1, 0.15) is 4.88 Å². The van der Waals surface area contributed by atoms with E-state index in [0.29, 0.717) is 6.54 Å². The van der Waals surface area contributed by atoms with E-state index in [1.807, 2.05) is 17.5 Å². The molecule has 0 saturated heterocycles. The third-order valence-electron chi connectivity index (χ3n) is 2.15. The molecular weight excluding hydrogens is 248 g/mol. The Bertz CT molecular complexity index is 586. The molecule has 0 radical (unpaired) electrons. The average Bonchev–Trinajstić information content (AvgIpc) is 2.74. The largest absolute Gasteiger partial charge is 0.328 e. The van der Waals surface area contributed by atoms with Crippen LogP contribution in [0.2, 0.25) is 5.02 Å². The van der Waals surface area contributed by atoms with Crippen molar-refractivity contribution in [2.24, 2.45) is 0 Å². The lowest BCUT2D eigenvalue weighted by atomic mass is 10.3. The molecule has 0 aromatic carbocycles. The van der Waals surface area contributed by atoms with Crippen molar-refractivity contribution in [2.75, 3.05) is 0 Å². The van der Waals surface area contributed by atoms with Crippen LogP contribution in [0.15, 0.2) is 33.3 Å². The number of hydrogen-bond acceptors (Lipinski definition) is 3. The first-order valence-electron chi connectivity index (χ1n) is 4.68. The molecule has 2 rings (SSSR count). The smallest absolute Gasteiger partial charge is 0.299 e. The van der Waals surface area contributed by atoms with Gasteiger partial charge in [-0.1, -0.05) is 17.7 Å². The minimum atomic E-state index is -0.543. The Labute approximate surface area is 100 Å². The van der Waals surface area contributed by atoms with E-state index in [4.69, 9.17) is 11.6 Å². The van der Waals surface area contributed by atoms with Crippen molar-refractivity contribution in [3.05, 3.63) is 54.4 Å². The molecule has 0 unspecified atom stereocenters. The molecule has 2 aromatic heterocycles. The molecule has 0 amide bonds. The van der Waals surface area contributed by atoms with Crippen molar-refractivity contribution in [2.45, 2.75) is 13.0 Å². The summed E-state index contributed by atoms with van der Waals surface area (Å²) in [5, 5.41) is 2.02. The van der Waals surface area contributed by atoms with E-state index in [1.165, 1.54) is 15.6 Å². The lowest BCUT2D eigenvalue weighted by molar-refractivity contribution is 0.649. The Morgan fingerprint density at radius 2 is 2.25 bits per heavy atom. The van der Waals surface area contributed by atoms with Crippen molar-refractivity contribution in [3.8, 4) is 0 Å². The van der Waals surface area contributed by atoms with Crippen LogP contribution in [-0.2, 0) is 13.0 Å². The summed E-state index contributed by atoms with van der Waals surface area (Å²) >= 11 is 7.28. The Morgan fingerprint density at radius 3 is 2.94 bits per heavy atom. The summed E-state index contributed by atoms with van der Waals surface area (Å²) in [6.07, 6.45) is 2.12. The maximum atomic E-state index is 11.4. The van der Waals surface area contributed by atoms with Gasteiger partial charge in [0.25, 0.3) is 5.56 Å². The minimum Gasteiger partial charge on any atom is -0.299 e. The van der Waals surface area contributed by atoms with Crippen molar-refractivity contribution >= 4 is 22.9 Å². The molecule has 84 valence electrons. The molecule has 4 nitrogen and oxygen atoms in total.